The number of nitrogens with one attached hydrogen (secondary N) is 1. The zero-order valence-corrected chi connectivity index (χ0v) is 8.70. The molecule has 0 fully saturated rings. The Balaban J connectivity index is 2.44. The highest BCUT2D eigenvalue weighted by molar-refractivity contribution is 5.68. The van der Waals surface area contributed by atoms with E-state index in [2.05, 4.69) is 42.7 Å². The number of rotatable bonds is 2. The van der Waals surface area contributed by atoms with E-state index in [1.54, 1.807) is 0 Å². The molecule has 0 atom stereocenters. The summed E-state index contributed by atoms with van der Waals surface area (Å²) in [6.07, 6.45) is 0. The van der Waals surface area contributed by atoms with Gasteiger partial charge in [0.2, 0.25) is 0 Å². The Morgan fingerprint density at radius 1 is 0.933 bits per heavy atom. The summed E-state index contributed by atoms with van der Waals surface area (Å²) >= 11 is 0. The van der Waals surface area contributed by atoms with Crippen molar-refractivity contribution in [2.45, 2.75) is 6.92 Å². The molecular formula is C13H14N2. The average molecular weight is 198 g/mol. The van der Waals surface area contributed by atoms with Crippen LogP contribution in [-0.4, -0.2) is 0 Å². The predicted molar refractivity (Wildman–Crippen MR) is 64.4 cm³/mol. The SMILES string of the molecule is Cc1cccc(-c2cccc(NN)c2)c1. The number of hydrogen-bond donors (Lipinski definition) is 2. The number of nitrogens with two attached hydrogens (primary N) is 1. The molecule has 0 aliphatic carbocycles. The van der Waals surface area contributed by atoms with Crippen molar-refractivity contribution in [3.63, 3.8) is 0 Å². The van der Waals surface area contributed by atoms with Gasteiger partial charge in [-0.1, -0.05) is 42.0 Å². The molecule has 0 spiro atoms. The van der Waals surface area contributed by atoms with Gasteiger partial charge < -0.3 is 5.43 Å². The van der Waals surface area contributed by atoms with Crippen molar-refractivity contribution in [1.82, 2.24) is 0 Å². The lowest BCUT2D eigenvalue weighted by Gasteiger charge is -2.05. The van der Waals surface area contributed by atoms with Gasteiger partial charge in [-0.15, -0.1) is 0 Å². The van der Waals surface area contributed by atoms with Gasteiger partial charge in [0, 0.05) is 5.69 Å². The van der Waals surface area contributed by atoms with Gasteiger partial charge in [0.1, 0.15) is 0 Å². The molecule has 0 bridgehead atoms. The van der Waals surface area contributed by atoms with Crippen LogP contribution in [0.15, 0.2) is 48.5 Å². The van der Waals surface area contributed by atoms with Crippen LogP contribution in [0.1, 0.15) is 5.56 Å². The van der Waals surface area contributed by atoms with Crippen LogP contribution < -0.4 is 11.3 Å². The normalized spacial score (nSPS) is 10.0. The fraction of sp³-hybridized carbons (Fsp3) is 0.0769. The zero-order valence-electron chi connectivity index (χ0n) is 8.70. The number of benzene rings is 2. The molecule has 3 N–H and O–H groups in total. The molecule has 2 aromatic carbocycles. The summed E-state index contributed by atoms with van der Waals surface area (Å²) in [4.78, 5) is 0. The van der Waals surface area contributed by atoms with Crippen molar-refractivity contribution < 1.29 is 0 Å². The Hall–Kier alpha value is -1.80. The summed E-state index contributed by atoms with van der Waals surface area (Å²) in [7, 11) is 0. The summed E-state index contributed by atoms with van der Waals surface area (Å²) < 4.78 is 0. The van der Waals surface area contributed by atoms with Gasteiger partial charge in [-0.3, -0.25) is 5.84 Å². The van der Waals surface area contributed by atoms with Gasteiger partial charge in [0.25, 0.3) is 0 Å². The largest absolute Gasteiger partial charge is 0.324 e. The third-order valence-electron chi connectivity index (χ3n) is 2.38. The standard InChI is InChI=1S/C13H14N2/c1-10-4-2-5-11(8-10)12-6-3-7-13(9-12)15-14/h2-9,15H,14H2,1H3. The van der Waals surface area contributed by atoms with E-state index in [4.69, 9.17) is 5.84 Å². The highest BCUT2D eigenvalue weighted by Crippen LogP contribution is 2.22. The van der Waals surface area contributed by atoms with Gasteiger partial charge in [-0.05, 0) is 30.2 Å². The first-order valence-electron chi connectivity index (χ1n) is 4.93. The summed E-state index contributed by atoms with van der Waals surface area (Å²) in [5, 5.41) is 0. The maximum atomic E-state index is 5.38. The minimum absolute atomic E-state index is 0.925. The molecule has 0 unspecified atom stereocenters. The molecule has 0 saturated carbocycles. The molecular weight excluding hydrogens is 184 g/mol. The minimum atomic E-state index is 0.925. The highest BCUT2D eigenvalue weighted by atomic mass is 15.2. The van der Waals surface area contributed by atoms with E-state index in [0.29, 0.717) is 0 Å². The molecule has 2 nitrogen and oxygen atoms in total. The Kier molecular flexibility index (Phi) is 2.70. The summed E-state index contributed by atoms with van der Waals surface area (Å²) in [6.45, 7) is 2.09. The molecule has 0 aromatic heterocycles. The lowest BCUT2D eigenvalue weighted by molar-refractivity contribution is 1.35. The fourth-order valence-electron chi connectivity index (χ4n) is 1.61. The molecule has 0 saturated heterocycles. The van der Waals surface area contributed by atoms with E-state index in [9.17, 15) is 0 Å². The van der Waals surface area contributed by atoms with Crippen molar-refractivity contribution in [3.05, 3.63) is 54.1 Å². The Morgan fingerprint density at radius 2 is 1.60 bits per heavy atom. The molecule has 2 rings (SSSR count). The lowest BCUT2D eigenvalue weighted by Crippen LogP contribution is -2.06. The van der Waals surface area contributed by atoms with Crippen LogP contribution in [0.2, 0.25) is 0 Å². The molecule has 0 amide bonds. The van der Waals surface area contributed by atoms with Crippen molar-refractivity contribution in [2.75, 3.05) is 5.43 Å². The Bertz CT molecular complexity index is 464. The van der Waals surface area contributed by atoms with E-state index in [1.807, 2.05) is 18.2 Å². The number of hydrazine groups is 1. The first-order chi connectivity index (χ1) is 7.29. The van der Waals surface area contributed by atoms with Crippen molar-refractivity contribution in [2.24, 2.45) is 5.84 Å². The van der Waals surface area contributed by atoms with E-state index in [1.165, 1.54) is 16.7 Å². The first-order valence-corrected chi connectivity index (χ1v) is 4.93. The van der Waals surface area contributed by atoms with Gasteiger partial charge in [0.05, 0.1) is 0 Å². The quantitative estimate of drug-likeness (QED) is 0.575. The summed E-state index contributed by atoms with van der Waals surface area (Å²) in [6, 6.07) is 16.5. The Morgan fingerprint density at radius 3 is 2.27 bits per heavy atom. The first kappa shape index (κ1) is 9.74. The number of aryl methyl sites for hydroxylation is 1. The van der Waals surface area contributed by atoms with E-state index in [-0.39, 0.29) is 0 Å². The second-order valence-electron chi connectivity index (χ2n) is 3.59. The van der Waals surface area contributed by atoms with Gasteiger partial charge in [-0.25, -0.2) is 0 Å². The second-order valence-corrected chi connectivity index (χ2v) is 3.59. The monoisotopic (exact) mass is 198 g/mol. The number of anilines is 1. The van der Waals surface area contributed by atoms with Crippen molar-refractivity contribution >= 4 is 5.69 Å². The van der Waals surface area contributed by atoms with Crippen LogP contribution in [0.5, 0.6) is 0 Å². The topological polar surface area (TPSA) is 38.0 Å². The smallest absolute Gasteiger partial charge is 0.0491 e. The average Bonchev–Trinajstić information content (AvgIpc) is 2.29. The molecule has 0 aliphatic heterocycles. The summed E-state index contributed by atoms with van der Waals surface area (Å²) in [5.74, 6) is 5.38. The van der Waals surface area contributed by atoms with Crippen LogP contribution in [0, 0.1) is 6.92 Å². The predicted octanol–water partition coefficient (Wildman–Crippen LogP) is 2.95. The van der Waals surface area contributed by atoms with E-state index < -0.39 is 0 Å². The number of hydrogen-bond acceptors (Lipinski definition) is 2. The van der Waals surface area contributed by atoms with Crippen molar-refractivity contribution in [3.8, 4) is 11.1 Å². The van der Waals surface area contributed by atoms with E-state index >= 15 is 0 Å². The highest BCUT2D eigenvalue weighted by Gasteiger charge is 1.98. The second kappa shape index (κ2) is 4.15. The molecule has 76 valence electrons. The van der Waals surface area contributed by atoms with Crippen LogP contribution in [0.3, 0.4) is 0 Å². The molecule has 2 heteroatoms. The molecule has 2 aromatic rings. The van der Waals surface area contributed by atoms with Crippen molar-refractivity contribution in [1.29, 1.82) is 0 Å². The molecule has 0 heterocycles. The molecule has 15 heavy (non-hydrogen) atoms. The fourth-order valence-corrected chi connectivity index (χ4v) is 1.61. The molecule has 0 aliphatic rings. The number of nitrogen functional groups attached to an aromatic ring is 1. The maximum Gasteiger partial charge on any atom is 0.0491 e. The Labute approximate surface area is 89.7 Å². The van der Waals surface area contributed by atoms with Gasteiger partial charge >= 0.3 is 0 Å². The van der Waals surface area contributed by atoms with Crippen LogP contribution >= 0.6 is 0 Å². The third-order valence-corrected chi connectivity index (χ3v) is 2.38. The lowest BCUT2D eigenvalue weighted by atomic mass is 10.0. The minimum Gasteiger partial charge on any atom is -0.324 e. The van der Waals surface area contributed by atoms with Crippen LogP contribution in [-0.2, 0) is 0 Å². The van der Waals surface area contributed by atoms with Gasteiger partial charge in [-0.2, -0.15) is 0 Å². The third kappa shape index (κ3) is 2.17. The maximum absolute atomic E-state index is 5.38. The molecule has 0 radical (unpaired) electrons. The van der Waals surface area contributed by atoms with Crippen LogP contribution in [0.4, 0.5) is 5.69 Å². The van der Waals surface area contributed by atoms with E-state index in [0.717, 1.165) is 5.69 Å². The summed E-state index contributed by atoms with van der Waals surface area (Å²) in [5.41, 5.74) is 7.23. The zero-order chi connectivity index (χ0) is 10.7. The van der Waals surface area contributed by atoms with Crippen LogP contribution in [0.25, 0.3) is 11.1 Å². The van der Waals surface area contributed by atoms with Gasteiger partial charge in [0.15, 0.2) is 0 Å².